The lowest BCUT2D eigenvalue weighted by atomic mass is 9.54. The number of benzene rings is 21. The van der Waals surface area contributed by atoms with Gasteiger partial charge in [0.2, 0.25) is 0 Å². The van der Waals surface area contributed by atoms with Gasteiger partial charge in [-0.2, -0.15) is 0 Å². The van der Waals surface area contributed by atoms with Crippen LogP contribution in [-0.2, 0) is 37.9 Å². The molecule has 0 saturated heterocycles. The smallest absolute Gasteiger partial charge is 0.137 e. The fraction of sp³-hybridized carbons (Fsp3) is 0.156. The van der Waals surface area contributed by atoms with Gasteiger partial charge < -0.3 is 19.1 Å². The van der Waals surface area contributed by atoms with Crippen molar-refractivity contribution in [1.82, 2.24) is 0 Å². The van der Waals surface area contributed by atoms with Gasteiger partial charge in [0.05, 0.1) is 17.1 Å². The SMILES string of the molecule is CC1(C)c2ccc3c(ccc4ccccc43)c2-c2cccc(N(c3ccccc3)c3ccc4c(c3)oc3ccccc34)c2C1(C)C.CC1(C)c2ccc3c(ccc4ccccc43)c2-c2cccc(N(c3ccccc3)c3ccc4sc5ccccc5c4c3)c2C1(C)C.CC1(C)c2ccccc2-c2ccc(N(c3ccccc3)c3cccc4c3C(C)(C)C(C)(C)c3ccc5c(ccc6ccccc65)c3-4)cc21. The summed E-state index contributed by atoms with van der Waals surface area (Å²) < 4.78 is 9.06. The van der Waals surface area contributed by atoms with Crippen LogP contribution in [0.1, 0.15) is 141 Å². The molecule has 2 aromatic heterocycles. The van der Waals surface area contributed by atoms with Gasteiger partial charge in [0.1, 0.15) is 11.2 Å². The van der Waals surface area contributed by atoms with E-state index in [9.17, 15) is 0 Å². The highest BCUT2D eigenvalue weighted by Gasteiger charge is 2.52. The molecule has 4 aliphatic carbocycles. The molecule has 0 atom stereocenters. The lowest BCUT2D eigenvalue weighted by molar-refractivity contribution is 0.300. The van der Waals surface area contributed by atoms with Crippen LogP contribution in [0, 0.1) is 0 Å². The number of nitrogens with zero attached hydrogens (tertiary/aromatic N) is 3. The van der Waals surface area contributed by atoms with E-state index in [4.69, 9.17) is 4.42 Å². The van der Waals surface area contributed by atoms with Crippen LogP contribution in [0.4, 0.5) is 51.2 Å². The topological polar surface area (TPSA) is 22.9 Å². The standard InChI is InChI=1S/C47H41N.C44H35NO.C44H35NS/c1-45(2)39-21-13-12-19-35(39)36-26-24-32(29-41(36)45)48(31-16-8-7-9-17-31)42-22-14-20-38-43-37-25-23-30-15-10-11-18-33(30)34(37)27-28-40(43)46(3,4)47(5,6)44(38)42;1-43(2)37-26-25-32-31-16-9-8-13-28(31)21-23-35(32)41(37)36-18-12-19-38(42(36)44(43,3)4)45(29-14-6-5-7-15-29)30-22-24-34-33-17-10-11-20-39(33)46-40(34)27-30;1-43(2)37-25-24-32-31-16-9-8-13-28(31)21-23-34(32)41(37)35-18-12-19-38(42(35)44(43,3)4)45(29-14-6-5-7-15-29)30-22-26-40-36(27-30)33-17-10-11-20-39(33)46-40/h7-29H,1-6H3;2*5-27H,1-4H3. The fourth-order valence-corrected chi connectivity index (χ4v) is 26.1. The van der Waals surface area contributed by atoms with Crippen LogP contribution in [0.2, 0.25) is 0 Å². The minimum absolute atomic E-state index is 0.0811. The molecule has 0 aliphatic heterocycles. The van der Waals surface area contributed by atoms with Crippen molar-refractivity contribution in [3.8, 4) is 44.5 Å². The van der Waals surface area contributed by atoms with Crippen LogP contribution >= 0.6 is 11.3 Å². The van der Waals surface area contributed by atoms with Gasteiger partial charge in [-0.25, -0.2) is 0 Å². The summed E-state index contributed by atoms with van der Waals surface area (Å²) in [6.45, 7) is 34.0. The van der Waals surface area contributed by atoms with Crippen LogP contribution in [-0.4, -0.2) is 0 Å². The maximum absolute atomic E-state index is 6.40. The highest BCUT2D eigenvalue weighted by atomic mass is 32.1. The Kier molecular flexibility index (Phi) is 19.6. The zero-order valence-corrected chi connectivity index (χ0v) is 82.8. The molecule has 0 radical (unpaired) electrons. The van der Waals surface area contributed by atoms with E-state index >= 15 is 0 Å². The molecule has 23 aromatic rings. The molecule has 21 aromatic carbocycles. The van der Waals surface area contributed by atoms with Crippen molar-refractivity contribution >= 4 is 169 Å². The first kappa shape index (κ1) is 86.2. The van der Waals surface area contributed by atoms with Gasteiger partial charge in [-0.3, -0.25) is 0 Å². The van der Waals surface area contributed by atoms with Crippen LogP contribution < -0.4 is 14.7 Å². The molecular formula is C135H111N3OS. The largest absolute Gasteiger partial charge is 0.456 e. The first-order chi connectivity index (χ1) is 67.8. The van der Waals surface area contributed by atoms with E-state index in [0.29, 0.717) is 0 Å². The van der Waals surface area contributed by atoms with E-state index in [1.54, 1.807) is 0 Å². The Morgan fingerprint density at radius 1 is 0.186 bits per heavy atom. The number of anilines is 9. The third-order valence-corrected chi connectivity index (χ3v) is 35.3. The second kappa shape index (κ2) is 31.8. The number of rotatable bonds is 9. The Labute approximate surface area is 824 Å². The van der Waals surface area contributed by atoms with Crippen molar-refractivity contribution in [3.05, 3.63) is 463 Å². The summed E-state index contributed by atoms with van der Waals surface area (Å²) in [7, 11) is 0. The van der Waals surface area contributed by atoms with Crippen LogP contribution in [0.5, 0.6) is 0 Å². The molecule has 0 spiro atoms. The summed E-state index contributed by atoms with van der Waals surface area (Å²) >= 11 is 1.87. The summed E-state index contributed by atoms with van der Waals surface area (Å²) in [6.07, 6.45) is 0. The third-order valence-electron chi connectivity index (χ3n) is 34.1. The molecule has 0 fully saturated rings. The lowest BCUT2D eigenvalue weighted by Gasteiger charge is -2.50. The number of furan rings is 1. The van der Waals surface area contributed by atoms with Crippen LogP contribution in [0.3, 0.4) is 0 Å². The van der Waals surface area contributed by atoms with E-state index in [2.05, 4.69) is 518 Å². The molecule has 4 aliphatic rings. The van der Waals surface area contributed by atoms with Gasteiger partial charge in [-0.1, -0.05) is 400 Å². The van der Waals surface area contributed by atoms with Crippen molar-refractivity contribution in [2.75, 3.05) is 14.7 Å². The number of para-hydroxylation sites is 4. The first-order valence-corrected chi connectivity index (χ1v) is 50.5. The minimum Gasteiger partial charge on any atom is -0.456 e. The highest BCUT2D eigenvalue weighted by Crippen LogP contribution is 2.65. The number of fused-ring (bicyclic) bond motifs is 30. The quantitative estimate of drug-likeness (QED) is 0.134. The molecule has 0 bridgehead atoms. The predicted molar refractivity (Wildman–Crippen MR) is 601 cm³/mol. The van der Waals surface area contributed by atoms with Gasteiger partial charge in [0, 0.05) is 92.8 Å². The van der Waals surface area contributed by atoms with Crippen molar-refractivity contribution in [3.63, 3.8) is 0 Å². The Balaban J connectivity index is 0.000000111. The lowest BCUT2D eigenvalue weighted by Crippen LogP contribution is -2.44. The van der Waals surface area contributed by atoms with Crippen molar-refractivity contribution in [1.29, 1.82) is 0 Å². The Bertz CT molecular complexity index is 9050. The summed E-state index contributed by atoms with van der Waals surface area (Å²) in [6, 6.07) is 155. The van der Waals surface area contributed by atoms with E-state index in [0.717, 1.165) is 39.0 Å². The molecule has 2 heterocycles. The normalized spacial score (nSPS) is 15.3. The second-order valence-corrected chi connectivity index (χ2v) is 44.0. The molecule has 678 valence electrons. The van der Waals surface area contributed by atoms with E-state index in [-0.39, 0.29) is 37.9 Å². The summed E-state index contributed by atoms with van der Waals surface area (Å²) in [5.74, 6) is 0. The molecular weight excluding hydrogens is 1710 g/mol. The molecule has 0 amide bonds. The maximum Gasteiger partial charge on any atom is 0.137 e. The highest BCUT2D eigenvalue weighted by molar-refractivity contribution is 7.25. The molecule has 0 saturated carbocycles. The number of thiophene rings is 1. The molecule has 140 heavy (non-hydrogen) atoms. The molecule has 27 rings (SSSR count). The average Bonchev–Trinajstić information content (AvgIpc) is 0.940. The van der Waals surface area contributed by atoms with E-state index in [1.807, 2.05) is 23.5 Å². The Morgan fingerprint density at radius 3 is 0.971 bits per heavy atom. The van der Waals surface area contributed by atoms with Gasteiger partial charge in [-0.15, -0.1) is 11.3 Å². The third kappa shape index (κ3) is 12.8. The molecule has 0 unspecified atom stereocenters. The van der Waals surface area contributed by atoms with Gasteiger partial charge in [-0.05, 0) is 279 Å². The zero-order valence-electron chi connectivity index (χ0n) is 82.0. The molecule has 0 N–H and O–H groups in total. The molecule has 5 heteroatoms. The van der Waals surface area contributed by atoms with Gasteiger partial charge >= 0.3 is 0 Å². The zero-order chi connectivity index (χ0) is 95.4. The van der Waals surface area contributed by atoms with E-state index in [1.165, 1.54) is 208 Å². The molecule has 4 nitrogen and oxygen atoms in total. The second-order valence-electron chi connectivity index (χ2n) is 42.9. The van der Waals surface area contributed by atoms with Gasteiger partial charge in [0.25, 0.3) is 0 Å². The predicted octanol–water partition coefficient (Wildman–Crippen LogP) is 38.7. The Morgan fingerprint density at radius 2 is 0.514 bits per heavy atom. The van der Waals surface area contributed by atoms with Crippen molar-refractivity contribution in [2.45, 2.75) is 135 Å². The van der Waals surface area contributed by atoms with Crippen molar-refractivity contribution < 1.29 is 4.42 Å². The summed E-state index contributed by atoms with van der Waals surface area (Å²) in [5, 5.41) is 20.6. The number of hydrogen-bond donors (Lipinski definition) is 0. The minimum atomic E-state index is -0.188. The maximum atomic E-state index is 6.40. The summed E-state index contributed by atoms with van der Waals surface area (Å²) in [5.41, 5.74) is 33.3. The summed E-state index contributed by atoms with van der Waals surface area (Å²) in [4.78, 5) is 7.43. The number of hydrogen-bond acceptors (Lipinski definition) is 5. The van der Waals surface area contributed by atoms with Gasteiger partial charge in [0.15, 0.2) is 0 Å². The van der Waals surface area contributed by atoms with Crippen LogP contribution in [0.15, 0.2) is 423 Å². The van der Waals surface area contributed by atoms with Crippen molar-refractivity contribution in [2.24, 2.45) is 0 Å². The first-order valence-electron chi connectivity index (χ1n) is 49.7. The Hall–Kier alpha value is -15.4. The monoisotopic (exact) mass is 1820 g/mol. The fourth-order valence-electron chi connectivity index (χ4n) is 25.0. The average molecular weight is 1820 g/mol. The van der Waals surface area contributed by atoms with Crippen LogP contribution in [0.25, 0.3) is 151 Å². The van der Waals surface area contributed by atoms with E-state index < -0.39 is 0 Å².